The molecule has 0 saturated heterocycles. The highest BCUT2D eigenvalue weighted by Crippen LogP contribution is 2.28. The van der Waals surface area contributed by atoms with Gasteiger partial charge in [0.1, 0.15) is 0 Å². The number of nitrogens with zero attached hydrogens (tertiary/aromatic N) is 1. The molecule has 2 aromatic carbocycles. The standard InChI is InChI=1S/C11H7NO3S/c13-7-12-11-6-9(16(14)15)5-8-3-1-2-4-10(8)11/h1-6H,(H,14,15). The molecule has 0 bridgehead atoms. The van der Waals surface area contributed by atoms with E-state index in [1.165, 1.54) is 12.1 Å². The molecule has 2 rings (SSSR count). The second-order valence-corrected chi connectivity index (χ2v) is 4.09. The summed E-state index contributed by atoms with van der Waals surface area (Å²) in [6, 6.07) is 10.2. The molecule has 2 aromatic rings. The number of aliphatic imine (C=N–C) groups is 1. The molecule has 1 N–H and O–H groups in total. The molecule has 0 radical (unpaired) electrons. The smallest absolute Gasteiger partial charge is 0.240 e. The second-order valence-electron chi connectivity index (χ2n) is 3.12. The molecule has 0 spiro atoms. The molecule has 0 fully saturated rings. The van der Waals surface area contributed by atoms with E-state index in [-0.39, 0.29) is 4.90 Å². The Balaban J connectivity index is 2.83. The highest BCUT2D eigenvalue weighted by atomic mass is 32.2. The molecular formula is C11H7NO3S. The van der Waals surface area contributed by atoms with Crippen molar-refractivity contribution in [3.63, 3.8) is 0 Å². The van der Waals surface area contributed by atoms with Gasteiger partial charge in [0.25, 0.3) is 0 Å². The fourth-order valence-corrected chi connectivity index (χ4v) is 1.95. The second kappa shape index (κ2) is 4.37. The van der Waals surface area contributed by atoms with E-state index in [0.29, 0.717) is 5.69 Å². The minimum Gasteiger partial charge on any atom is -0.302 e. The Morgan fingerprint density at radius 1 is 1.25 bits per heavy atom. The summed E-state index contributed by atoms with van der Waals surface area (Å²) in [5.74, 6) is 0. The van der Waals surface area contributed by atoms with E-state index in [1.54, 1.807) is 24.3 Å². The minimum absolute atomic E-state index is 0.215. The Kier molecular flexibility index (Phi) is 2.92. The van der Waals surface area contributed by atoms with Crippen molar-refractivity contribution in [3.8, 4) is 0 Å². The summed E-state index contributed by atoms with van der Waals surface area (Å²) in [6.07, 6.45) is 1.44. The van der Waals surface area contributed by atoms with Gasteiger partial charge in [0.05, 0.1) is 10.6 Å². The fraction of sp³-hybridized carbons (Fsp3) is 0. The lowest BCUT2D eigenvalue weighted by atomic mass is 10.1. The Morgan fingerprint density at radius 2 is 2.00 bits per heavy atom. The van der Waals surface area contributed by atoms with Gasteiger partial charge in [0.15, 0.2) is 11.1 Å². The van der Waals surface area contributed by atoms with Crippen LogP contribution in [0.2, 0.25) is 0 Å². The molecule has 4 nitrogen and oxygen atoms in total. The van der Waals surface area contributed by atoms with Crippen LogP contribution in [-0.4, -0.2) is 14.8 Å². The molecule has 0 saturated carbocycles. The zero-order valence-corrected chi connectivity index (χ0v) is 8.90. The van der Waals surface area contributed by atoms with Crippen LogP contribution in [0.1, 0.15) is 0 Å². The van der Waals surface area contributed by atoms with Gasteiger partial charge in [-0.25, -0.2) is 9.00 Å². The van der Waals surface area contributed by atoms with Crippen molar-refractivity contribution in [2.75, 3.05) is 0 Å². The number of hydrogen-bond acceptors (Lipinski definition) is 3. The lowest BCUT2D eigenvalue weighted by molar-refractivity contribution is 0.563. The van der Waals surface area contributed by atoms with Crippen LogP contribution >= 0.6 is 0 Å². The van der Waals surface area contributed by atoms with Gasteiger partial charge in [-0.05, 0) is 17.5 Å². The van der Waals surface area contributed by atoms with Crippen LogP contribution < -0.4 is 0 Å². The molecule has 5 heteroatoms. The van der Waals surface area contributed by atoms with Gasteiger partial charge in [-0.3, -0.25) is 0 Å². The molecule has 16 heavy (non-hydrogen) atoms. The monoisotopic (exact) mass is 233 g/mol. The fourth-order valence-electron chi connectivity index (χ4n) is 1.51. The molecule has 0 amide bonds. The summed E-state index contributed by atoms with van der Waals surface area (Å²) in [7, 11) is 0. The summed E-state index contributed by atoms with van der Waals surface area (Å²) < 4.78 is 20.0. The zero-order chi connectivity index (χ0) is 11.5. The number of isocyanates is 1. The summed E-state index contributed by atoms with van der Waals surface area (Å²) in [5, 5.41) is 1.51. The van der Waals surface area contributed by atoms with Crippen molar-refractivity contribution >= 4 is 33.6 Å². The van der Waals surface area contributed by atoms with Crippen LogP contribution in [0.3, 0.4) is 0 Å². The minimum atomic E-state index is -2.09. The van der Waals surface area contributed by atoms with Crippen molar-refractivity contribution in [1.82, 2.24) is 0 Å². The predicted octanol–water partition coefficient (Wildman–Crippen LogP) is 2.39. The highest BCUT2D eigenvalue weighted by molar-refractivity contribution is 7.79. The first-order valence-corrected chi connectivity index (χ1v) is 5.54. The predicted molar refractivity (Wildman–Crippen MR) is 60.8 cm³/mol. The first-order chi connectivity index (χ1) is 7.72. The summed E-state index contributed by atoms with van der Waals surface area (Å²) in [6.45, 7) is 0. The van der Waals surface area contributed by atoms with E-state index >= 15 is 0 Å². The van der Waals surface area contributed by atoms with Crippen LogP contribution in [0.5, 0.6) is 0 Å². The maximum Gasteiger partial charge on any atom is 0.240 e. The van der Waals surface area contributed by atoms with E-state index in [1.807, 2.05) is 6.07 Å². The molecular weight excluding hydrogens is 226 g/mol. The number of fused-ring (bicyclic) bond motifs is 1. The molecule has 80 valence electrons. The number of carbonyl (C=O) groups excluding carboxylic acids is 1. The van der Waals surface area contributed by atoms with Gasteiger partial charge in [-0.2, -0.15) is 4.99 Å². The Bertz CT molecular complexity index is 618. The SMILES string of the molecule is O=C=Nc1cc(S(=O)O)cc2ccccc12. The first-order valence-electron chi connectivity index (χ1n) is 4.44. The van der Waals surface area contributed by atoms with Crippen molar-refractivity contribution in [2.45, 2.75) is 4.90 Å². The van der Waals surface area contributed by atoms with E-state index < -0.39 is 11.1 Å². The molecule has 0 aliphatic rings. The molecule has 0 aliphatic heterocycles. The maximum absolute atomic E-state index is 11.0. The van der Waals surface area contributed by atoms with E-state index in [9.17, 15) is 9.00 Å². The molecule has 1 unspecified atom stereocenters. The quantitative estimate of drug-likeness (QED) is 0.492. The van der Waals surface area contributed by atoms with Crippen LogP contribution in [-0.2, 0) is 15.9 Å². The van der Waals surface area contributed by atoms with Crippen LogP contribution in [0, 0.1) is 0 Å². The Morgan fingerprint density at radius 3 is 2.69 bits per heavy atom. The van der Waals surface area contributed by atoms with Crippen LogP contribution in [0.4, 0.5) is 5.69 Å². The summed E-state index contributed by atoms with van der Waals surface area (Å²) >= 11 is -2.09. The normalized spacial score (nSPS) is 12.1. The number of rotatable bonds is 2. The summed E-state index contributed by atoms with van der Waals surface area (Å²) in [4.78, 5) is 14.0. The van der Waals surface area contributed by atoms with E-state index in [2.05, 4.69) is 4.99 Å². The van der Waals surface area contributed by atoms with Gasteiger partial charge in [0.2, 0.25) is 6.08 Å². The number of hydrogen-bond donors (Lipinski definition) is 1. The van der Waals surface area contributed by atoms with Gasteiger partial charge < -0.3 is 4.55 Å². The van der Waals surface area contributed by atoms with E-state index in [4.69, 9.17) is 4.55 Å². The van der Waals surface area contributed by atoms with Crippen molar-refractivity contribution < 1.29 is 13.6 Å². The average molecular weight is 233 g/mol. The van der Waals surface area contributed by atoms with Gasteiger partial charge >= 0.3 is 0 Å². The van der Waals surface area contributed by atoms with Gasteiger partial charge in [-0.15, -0.1) is 0 Å². The maximum atomic E-state index is 11.0. The Hall–Kier alpha value is -1.81. The van der Waals surface area contributed by atoms with Crippen LogP contribution in [0.15, 0.2) is 46.3 Å². The van der Waals surface area contributed by atoms with Crippen molar-refractivity contribution in [1.29, 1.82) is 0 Å². The third-order valence-electron chi connectivity index (χ3n) is 2.18. The van der Waals surface area contributed by atoms with Crippen LogP contribution in [0.25, 0.3) is 10.8 Å². The van der Waals surface area contributed by atoms with Gasteiger partial charge in [-0.1, -0.05) is 24.3 Å². The largest absolute Gasteiger partial charge is 0.302 e. The number of benzene rings is 2. The summed E-state index contributed by atoms with van der Waals surface area (Å²) in [5.41, 5.74) is 0.352. The molecule has 1 atom stereocenters. The average Bonchev–Trinajstić information content (AvgIpc) is 2.29. The first kappa shape index (κ1) is 10.7. The lowest BCUT2D eigenvalue weighted by Gasteiger charge is -2.03. The third kappa shape index (κ3) is 1.92. The van der Waals surface area contributed by atoms with Crippen molar-refractivity contribution in [2.24, 2.45) is 4.99 Å². The van der Waals surface area contributed by atoms with E-state index in [0.717, 1.165) is 10.8 Å². The Labute approximate surface area is 93.9 Å². The zero-order valence-electron chi connectivity index (χ0n) is 8.08. The molecule has 0 aliphatic carbocycles. The topological polar surface area (TPSA) is 66.7 Å². The lowest BCUT2D eigenvalue weighted by Crippen LogP contribution is -1.88. The van der Waals surface area contributed by atoms with Crippen molar-refractivity contribution in [3.05, 3.63) is 36.4 Å². The highest BCUT2D eigenvalue weighted by Gasteiger charge is 2.06. The molecule has 0 aromatic heterocycles. The molecule has 0 heterocycles. The van der Waals surface area contributed by atoms with Gasteiger partial charge in [0, 0.05) is 5.39 Å². The third-order valence-corrected chi connectivity index (χ3v) is 2.82.